The summed E-state index contributed by atoms with van der Waals surface area (Å²) in [6.45, 7) is 6.15. The lowest BCUT2D eigenvalue weighted by atomic mass is 9.85. The number of likely N-dealkylation sites (tertiary alicyclic amines) is 1. The minimum atomic E-state index is -0.453. The molecule has 2 aliphatic rings. The molecule has 1 saturated heterocycles. The predicted octanol–water partition coefficient (Wildman–Crippen LogP) is 6.00. The van der Waals surface area contributed by atoms with E-state index in [1.807, 2.05) is 35.4 Å². The Hall–Kier alpha value is -2.81. The third-order valence-corrected chi connectivity index (χ3v) is 9.21. The zero-order chi connectivity index (χ0) is 29.1. The Labute approximate surface area is 248 Å². The number of aliphatic hydroxyl groups excluding tert-OH is 1. The Morgan fingerprint density at radius 3 is 2.56 bits per heavy atom. The topological polar surface area (TPSA) is 77.8 Å². The van der Waals surface area contributed by atoms with Crippen LogP contribution in [0.25, 0.3) is 22.2 Å². The van der Waals surface area contributed by atoms with Crippen molar-refractivity contribution in [2.45, 2.75) is 77.4 Å². The van der Waals surface area contributed by atoms with E-state index in [4.69, 9.17) is 0 Å². The zero-order valence-corrected chi connectivity index (χ0v) is 25.7. The van der Waals surface area contributed by atoms with E-state index >= 15 is 0 Å². The molecule has 3 aromatic rings. The van der Waals surface area contributed by atoms with Gasteiger partial charge in [0.1, 0.15) is 0 Å². The van der Waals surface area contributed by atoms with E-state index in [0.29, 0.717) is 37.5 Å². The molecule has 0 bridgehead atoms. The molecule has 0 aliphatic carbocycles. The predicted molar refractivity (Wildman–Crippen MR) is 168 cm³/mol. The maximum absolute atomic E-state index is 14.0. The molecule has 1 aromatic heterocycles. The molecule has 3 heterocycles. The molecule has 1 fully saturated rings. The van der Waals surface area contributed by atoms with Gasteiger partial charge >= 0.3 is 0 Å². The van der Waals surface area contributed by atoms with Crippen molar-refractivity contribution in [1.82, 2.24) is 18.5 Å². The number of fused-ring (bicyclic) bond motifs is 5. The van der Waals surface area contributed by atoms with Crippen LogP contribution in [0.5, 0.6) is 0 Å². The van der Waals surface area contributed by atoms with Gasteiger partial charge in [-0.25, -0.2) is 4.31 Å². The van der Waals surface area contributed by atoms with Gasteiger partial charge in [0.25, 0.3) is 5.91 Å². The van der Waals surface area contributed by atoms with Crippen LogP contribution in [0.2, 0.25) is 0 Å². The number of nitrogens with one attached hydrogen (secondary N) is 1. The quantitative estimate of drug-likeness (QED) is 0.306. The first-order valence-electron chi connectivity index (χ1n) is 15.2. The largest absolute Gasteiger partial charge is 0.391 e. The summed E-state index contributed by atoms with van der Waals surface area (Å²) in [6, 6.07) is 14.6. The van der Waals surface area contributed by atoms with Crippen LogP contribution in [0.3, 0.4) is 0 Å². The van der Waals surface area contributed by atoms with Gasteiger partial charge in [0.05, 0.1) is 17.7 Å². The van der Waals surface area contributed by atoms with Gasteiger partial charge in [-0.3, -0.25) is 14.3 Å². The minimum absolute atomic E-state index is 0.116. The summed E-state index contributed by atoms with van der Waals surface area (Å²) in [5.41, 5.74) is 6.57. The van der Waals surface area contributed by atoms with Crippen LogP contribution in [0.1, 0.15) is 79.8 Å². The molecule has 0 saturated carbocycles. The fourth-order valence-corrected chi connectivity index (χ4v) is 7.17. The molecular formula is C33H44N4O3S. The van der Waals surface area contributed by atoms with Crippen LogP contribution in [-0.4, -0.2) is 64.0 Å². The van der Waals surface area contributed by atoms with Gasteiger partial charge < -0.3 is 14.6 Å². The SMILES string of the molecule is CCCC(CCC)c1c2n(c3cc(C(=O)NSN(C)C)ccc13)CC(C(=O)N1CCCC(O)C1)Cc1ccccc1-2. The molecule has 2 unspecified atom stereocenters. The Morgan fingerprint density at radius 1 is 1.10 bits per heavy atom. The van der Waals surface area contributed by atoms with Gasteiger partial charge in [0.2, 0.25) is 5.91 Å². The number of rotatable bonds is 9. The maximum atomic E-state index is 14.0. The number of benzene rings is 2. The lowest BCUT2D eigenvalue weighted by molar-refractivity contribution is -0.139. The van der Waals surface area contributed by atoms with Gasteiger partial charge in [0.15, 0.2) is 0 Å². The summed E-state index contributed by atoms with van der Waals surface area (Å²) in [5, 5.41) is 11.5. The van der Waals surface area contributed by atoms with Crippen molar-refractivity contribution in [3.63, 3.8) is 0 Å². The highest BCUT2D eigenvalue weighted by atomic mass is 32.2. The average Bonchev–Trinajstić information content (AvgIpc) is 3.17. The second kappa shape index (κ2) is 13.0. The summed E-state index contributed by atoms with van der Waals surface area (Å²) in [5.74, 6) is 0.129. The van der Waals surface area contributed by atoms with Crippen molar-refractivity contribution < 1.29 is 14.7 Å². The highest BCUT2D eigenvalue weighted by molar-refractivity contribution is 7.95. The molecule has 2 aromatic carbocycles. The molecule has 7 nitrogen and oxygen atoms in total. The summed E-state index contributed by atoms with van der Waals surface area (Å²) in [6.07, 6.45) is 6.17. The first kappa shape index (κ1) is 29.7. The third-order valence-electron chi connectivity index (χ3n) is 8.57. The van der Waals surface area contributed by atoms with Crippen LogP contribution in [0, 0.1) is 5.92 Å². The number of carbonyl (C=O) groups excluding carboxylic acids is 2. The van der Waals surface area contributed by atoms with E-state index in [1.54, 1.807) is 0 Å². The van der Waals surface area contributed by atoms with Gasteiger partial charge in [-0.2, -0.15) is 0 Å². The van der Waals surface area contributed by atoms with Crippen LogP contribution < -0.4 is 4.72 Å². The molecule has 220 valence electrons. The fraction of sp³-hybridized carbons (Fsp3) is 0.515. The highest BCUT2D eigenvalue weighted by Crippen LogP contribution is 2.45. The minimum Gasteiger partial charge on any atom is -0.391 e. The number of hydrogen-bond acceptors (Lipinski definition) is 5. The van der Waals surface area contributed by atoms with Gasteiger partial charge in [-0.1, -0.05) is 57.0 Å². The zero-order valence-electron chi connectivity index (χ0n) is 24.9. The number of hydrogen-bond donors (Lipinski definition) is 2. The molecule has 2 N–H and O–H groups in total. The highest BCUT2D eigenvalue weighted by Gasteiger charge is 2.35. The van der Waals surface area contributed by atoms with Crippen molar-refractivity contribution in [2.75, 3.05) is 27.2 Å². The van der Waals surface area contributed by atoms with E-state index in [9.17, 15) is 14.7 Å². The number of piperidine rings is 1. The number of aliphatic hydroxyl groups is 1. The summed E-state index contributed by atoms with van der Waals surface area (Å²) < 4.78 is 7.12. The van der Waals surface area contributed by atoms with Crippen LogP contribution >= 0.6 is 12.1 Å². The van der Waals surface area contributed by atoms with Crippen molar-refractivity contribution in [2.24, 2.45) is 5.92 Å². The molecule has 2 aliphatic heterocycles. The number of nitrogens with zero attached hydrogens (tertiary/aromatic N) is 3. The normalized spacial score (nSPS) is 18.9. The molecule has 2 amide bonds. The first-order chi connectivity index (χ1) is 19.8. The van der Waals surface area contributed by atoms with Gasteiger partial charge in [0, 0.05) is 53.8 Å². The molecule has 41 heavy (non-hydrogen) atoms. The Balaban J connectivity index is 1.69. The van der Waals surface area contributed by atoms with Crippen molar-refractivity contribution in [3.8, 4) is 11.3 Å². The number of carbonyl (C=O) groups is 2. The lowest BCUT2D eigenvalue weighted by Gasteiger charge is -2.33. The summed E-state index contributed by atoms with van der Waals surface area (Å²) in [7, 11) is 3.79. The second-order valence-electron chi connectivity index (χ2n) is 11.9. The number of β-amino-alcohol motifs (C(OH)–C–C–N with tert-alkyl or cyclic N) is 1. The monoisotopic (exact) mass is 576 g/mol. The fourth-order valence-electron chi connectivity index (χ4n) is 6.79. The average molecular weight is 577 g/mol. The van der Waals surface area contributed by atoms with E-state index in [2.05, 4.69) is 53.5 Å². The molecule has 5 rings (SSSR count). The first-order valence-corrected chi connectivity index (χ1v) is 16.0. The molecule has 8 heteroatoms. The number of amides is 2. The summed E-state index contributed by atoms with van der Waals surface area (Å²) in [4.78, 5) is 29.0. The molecule has 0 spiro atoms. The van der Waals surface area contributed by atoms with Crippen LogP contribution in [0.4, 0.5) is 0 Å². The van der Waals surface area contributed by atoms with Gasteiger partial charge in [-0.15, -0.1) is 0 Å². The van der Waals surface area contributed by atoms with Crippen molar-refractivity contribution in [3.05, 3.63) is 59.2 Å². The van der Waals surface area contributed by atoms with Crippen LogP contribution in [-0.2, 0) is 17.8 Å². The van der Waals surface area contributed by atoms with Crippen LogP contribution in [0.15, 0.2) is 42.5 Å². The number of aromatic nitrogens is 1. The molecule has 0 radical (unpaired) electrons. The van der Waals surface area contributed by atoms with Crippen molar-refractivity contribution >= 4 is 34.9 Å². The second-order valence-corrected chi connectivity index (χ2v) is 13.0. The van der Waals surface area contributed by atoms with E-state index < -0.39 is 6.10 Å². The Bertz CT molecular complexity index is 1390. The standard InChI is InChI=1S/C33H44N4O3S/c1-5-10-22(11-6-2)30-28-16-15-24(32(39)34-41-35(3)4)19-29(28)37-20-25(33(40)36-17-9-13-26(38)21-36)18-23-12-7-8-14-27(23)31(30)37/h7-8,12,14-16,19,22,25-26,38H,5-6,9-11,13,17-18,20-21H2,1-4H3,(H,34,39). The molecule has 2 atom stereocenters. The van der Waals surface area contributed by atoms with E-state index in [1.165, 1.54) is 39.9 Å². The smallest absolute Gasteiger partial charge is 0.262 e. The maximum Gasteiger partial charge on any atom is 0.262 e. The van der Waals surface area contributed by atoms with E-state index in [0.717, 1.165) is 44.0 Å². The summed E-state index contributed by atoms with van der Waals surface area (Å²) >= 11 is 1.26. The third kappa shape index (κ3) is 6.20. The van der Waals surface area contributed by atoms with Gasteiger partial charge in [-0.05, 0) is 75.4 Å². The van der Waals surface area contributed by atoms with Crippen molar-refractivity contribution in [1.29, 1.82) is 0 Å². The Kier molecular flexibility index (Phi) is 9.42. The Morgan fingerprint density at radius 2 is 1.85 bits per heavy atom. The van der Waals surface area contributed by atoms with E-state index in [-0.39, 0.29) is 17.7 Å². The molecular weight excluding hydrogens is 532 g/mol. The lowest BCUT2D eigenvalue weighted by Crippen LogP contribution is -2.46.